The van der Waals surface area contributed by atoms with Gasteiger partial charge in [0.2, 0.25) is 5.91 Å². The number of hydrogen-bond donors (Lipinski definition) is 3. The van der Waals surface area contributed by atoms with Crippen LogP contribution in [0.1, 0.15) is 82.6 Å². The molecule has 8 saturated carbocycles. The van der Waals surface area contributed by atoms with Gasteiger partial charge in [0.05, 0.1) is 11.0 Å². The lowest BCUT2D eigenvalue weighted by atomic mass is 9.46. The van der Waals surface area contributed by atoms with Crippen LogP contribution in [0.4, 0.5) is 5.69 Å². The van der Waals surface area contributed by atoms with Gasteiger partial charge in [0.15, 0.2) is 5.11 Å². The molecule has 0 spiro atoms. The molecule has 0 aliphatic heterocycles. The van der Waals surface area contributed by atoms with E-state index in [0.717, 1.165) is 62.0 Å². The Morgan fingerprint density at radius 3 is 1.91 bits per heavy atom. The molecule has 1 amide bonds. The SMILES string of the molecule is O=C(NC(=S)Nc1ccc(C23C[C@H]4C[C@@H](CC(O)(C4)C2)C3)cc1)C12CC3CC(CC(C3)C1)C2. The van der Waals surface area contributed by atoms with Crippen molar-refractivity contribution >= 4 is 28.9 Å². The quantitative estimate of drug-likeness (QED) is 0.531. The summed E-state index contributed by atoms with van der Waals surface area (Å²) in [5.41, 5.74) is 1.82. The zero-order valence-electron chi connectivity index (χ0n) is 19.4. The van der Waals surface area contributed by atoms with E-state index in [9.17, 15) is 9.90 Å². The third kappa shape index (κ3) is 3.40. The lowest BCUT2D eigenvalue weighted by Crippen LogP contribution is -2.57. The molecule has 2 atom stereocenters. The molecule has 9 rings (SSSR count). The van der Waals surface area contributed by atoms with E-state index in [0.29, 0.717) is 16.9 Å². The lowest BCUT2D eigenvalue weighted by molar-refractivity contribution is -0.144. The monoisotopic (exact) mass is 464 g/mol. The highest BCUT2D eigenvalue weighted by molar-refractivity contribution is 7.80. The largest absolute Gasteiger partial charge is 0.390 e. The van der Waals surface area contributed by atoms with Crippen molar-refractivity contribution in [1.82, 2.24) is 5.32 Å². The molecular formula is C28H36N2O2S. The van der Waals surface area contributed by atoms with Crippen LogP contribution in [0.2, 0.25) is 0 Å². The molecular weight excluding hydrogens is 428 g/mol. The number of rotatable bonds is 3. The average molecular weight is 465 g/mol. The summed E-state index contributed by atoms with van der Waals surface area (Å²) in [6.07, 6.45) is 13.8. The molecule has 8 aliphatic carbocycles. The van der Waals surface area contributed by atoms with Gasteiger partial charge in [-0.15, -0.1) is 0 Å². The second-order valence-electron chi connectivity index (χ2n) is 13.1. The lowest BCUT2D eigenvalue weighted by Gasteiger charge is -2.60. The van der Waals surface area contributed by atoms with Crippen molar-refractivity contribution in [3.05, 3.63) is 29.8 Å². The molecule has 1 aromatic rings. The maximum atomic E-state index is 13.3. The van der Waals surface area contributed by atoms with Crippen LogP contribution in [0.3, 0.4) is 0 Å². The van der Waals surface area contributed by atoms with Gasteiger partial charge in [0.1, 0.15) is 0 Å². The first-order valence-electron chi connectivity index (χ1n) is 13.3. The van der Waals surface area contributed by atoms with Crippen LogP contribution in [0.5, 0.6) is 0 Å². The molecule has 33 heavy (non-hydrogen) atoms. The van der Waals surface area contributed by atoms with Crippen molar-refractivity contribution in [3.8, 4) is 0 Å². The molecule has 0 saturated heterocycles. The summed E-state index contributed by atoms with van der Waals surface area (Å²) in [6.45, 7) is 0. The topological polar surface area (TPSA) is 61.4 Å². The molecule has 4 nitrogen and oxygen atoms in total. The summed E-state index contributed by atoms with van der Waals surface area (Å²) in [7, 11) is 0. The summed E-state index contributed by atoms with van der Waals surface area (Å²) in [4.78, 5) is 13.3. The van der Waals surface area contributed by atoms with Crippen molar-refractivity contribution in [2.75, 3.05) is 5.32 Å². The molecule has 0 unspecified atom stereocenters. The molecule has 8 bridgehead atoms. The Hall–Kier alpha value is -1.46. The molecule has 8 aliphatic rings. The van der Waals surface area contributed by atoms with Crippen LogP contribution in [0.25, 0.3) is 0 Å². The van der Waals surface area contributed by atoms with Crippen molar-refractivity contribution in [2.45, 2.75) is 88.1 Å². The minimum Gasteiger partial charge on any atom is -0.390 e. The summed E-state index contributed by atoms with van der Waals surface area (Å²) >= 11 is 5.55. The van der Waals surface area contributed by atoms with Crippen molar-refractivity contribution in [1.29, 1.82) is 0 Å². The Morgan fingerprint density at radius 1 is 0.818 bits per heavy atom. The van der Waals surface area contributed by atoms with E-state index in [1.54, 1.807) is 0 Å². The fraction of sp³-hybridized carbons (Fsp3) is 0.714. The molecule has 0 radical (unpaired) electrons. The third-order valence-electron chi connectivity index (χ3n) is 10.5. The fourth-order valence-corrected chi connectivity index (χ4v) is 10.5. The van der Waals surface area contributed by atoms with E-state index < -0.39 is 5.60 Å². The minimum atomic E-state index is -0.440. The van der Waals surface area contributed by atoms with Gasteiger partial charge in [0, 0.05) is 5.69 Å². The maximum absolute atomic E-state index is 13.3. The Labute approximate surface area is 202 Å². The Kier molecular flexibility index (Phi) is 4.45. The number of benzene rings is 1. The van der Waals surface area contributed by atoms with Gasteiger partial charge in [-0.05, 0) is 142 Å². The summed E-state index contributed by atoms with van der Waals surface area (Å²) in [5, 5.41) is 17.9. The predicted octanol–water partition coefficient (Wildman–Crippen LogP) is 5.30. The summed E-state index contributed by atoms with van der Waals surface area (Å²) < 4.78 is 0. The van der Waals surface area contributed by atoms with Crippen LogP contribution in [0.15, 0.2) is 24.3 Å². The number of anilines is 1. The highest BCUT2D eigenvalue weighted by Crippen LogP contribution is 2.62. The highest BCUT2D eigenvalue weighted by atomic mass is 32.1. The smallest absolute Gasteiger partial charge is 0.232 e. The number of hydrogen-bond acceptors (Lipinski definition) is 3. The molecule has 0 heterocycles. The van der Waals surface area contributed by atoms with Crippen molar-refractivity contribution in [2.24, 2.45) is 35.0 Å². The minimum absolute atomic E-state index is 0.143. The van der Waals surface area contributed by atoms with Crippen LogP contribution in [-0.4, -0.2) is 21.7 Å². The van der Waals surface area contributed by atoms with Crippen LogP contribution in [0, 0.1) is 35.0 Å². The van der Waals surface area contributed by atoms with Crippen molar-refractivity contribution < 1.29 is 9.90 Å². The summed E-state index contributed by atoms with van der Waals surface area (Å²) in [6, 6.07) is 8.65. The van der Waals surface area contributed by atoms with Gasteiger partial charge in [-0.3, -0.25) is 4.79 Å². The predicted molar refractivity (Wildman–Crippen MR) is 133 cm³/mol. The molecule has 0 aromatic heterocycles. The molecule has 176 valence electrons. The number of thiocarbonyl (C=S) groups is 1. The zero-order chi connectivity index (χ0) is 22.4. The number of carbonyl (C=O) groups excluding carboxylic acids is 1. The van der Waals surface area contributed by atoms with E-state index in [1.807, 2.05) is 0 Å². The highest BCUT2D eigenvalue weighted by Gasteiger charge is 2.58. The standard InChI is InChI=1S/C28H36N2O2S/c31-24(26-9-17-5-18(10-26)7-19(6-17)11-26)30-25(33)29-23-3-1-22(2-4-23)27-12-20-8-21(13-27)15-28(32,14-20)16-27/h1-4,17-21,32H,5-16H2,(H2,29,30,31,33)/t17?,18?,19?,20-,21-,26?,27?,28?/m1/s1. The van der Waals surface area contributed by atoms with E-state index >= 15 is 0 Å². The van der Waals surface area contributed by atoms with E-state index in [-0.39, 0.29) is 16.7 Å². The fourth-order valence-electron chi connectivity index (χ4n) is 10.2. The number of nitrogens with one attached hydrogen (secondary N) is 2. The molecule has 1 aromatic carbocycles. The number of aliphatic hydroxyl groups is 1. The third-order valence-corrected chi connectivity index (χ3v) is 10.7. The average Bonchev–Trinajstić information content (AvgIpc) is 2.71. The number of carbonyl (C=O) groups is 1. The maximum Gasteiger partial charge on any atom is 0.232 e. The van der Waals surface area contributed by atoms with Gasteiger partial charge >= 0.3 is 0 Å². The Balaban J connectivity index is 1.02. The molecule has 5 heteroatoms. The first-order valence-corrected chi connectivity index (χ1v) is 13.7. The van der Waals surface area contributed by atoms with Gasteiger partial charge in [-0.25, -0.2) is 0 Å². The first-order chi connectivity index (χ1) is 15.8. The van der Waals surface area contributed by atoms with Gasteiger partial charge < -0.3 is 15.7 Å². The second-order valence-corrected chi connectivity index (χ2v) is 13.6. The number of amides is 1. The normalized spacial score (nSPS) is 46.4. The van der Waals surface area contributed by atoms with E-state index in [4.69, 9.17) is 12.2 Å². The first kappa shape index (κ1) is 20.9. The van der Waals surface area contributed by atoms with Crippen LogP contribution >= 0.6 is 12.2 Å². The van der Waals surface area contributed by atoms with Gasteiger partial charge in [0.25, 0.3) is 0 Å². The molecule has 8 fully saturated rings. The molecule has 3 N–H and O–H groups in total. The second kappa shape index (κ2) is 7.04. The Bertz CT molecular complexity index is 952. The van der Waals surface area contributed by atoms with Gasteiger partial charge in [-0.1, -0.05) is 12.1 Å². The van der Waals surface area contributed by atoms with Crippen LogP contribution < -0.4 is 10.6 Å². The van der Waals surface area contributed by atoms with E-state index in [2.05, 4.69) is 34.9 Å². The van der Waals surface area contributed by atoms with E-state index in [1.165, 1.54) is 44.1 Å². The Morgan fingerprint density at radius 2 is 1.36 bits per heavy atom. The zero-order valence-corrected chi connectivity index (χ0v) is 20.3. The summed E-state index contributed by atoms with van der Waals surface area (Å²) in [5.74, 6) is 3.76. The van der Waals surface area contributed by atoms with Crippen LogP contribution in [-0.2, 0) is 10.2 Å². The van der Waals surface area contributed by atoms with Crippen molar-refractivity contribution in [3.63, 3.8) is 0 Å². The van der Waals surface area contributed by atoms with Gasteiger partial charge in [-0.2, -0.15) is 0 Å².